The molecular formula is C19H30O2. The zero-order chi connectivity index (χ0) is 16.6. The minimum Gasteiger partial charge on any atom is -0.393 e. The molecule has 0 radical (unpaired) electrons. The smallest absolute Gasteiger partial charge is 0.133 e. The summed E-state index contributed by atoms with van der Waals surface area (Å²) in [5.41, 5.74) is -0.143. The Balaban J connectivity index is 1.70. The topological polar surface area (TPSA) is 37.3 Å². The molecule has 8 atom stereocenters. The first-order valence-electron chi connectivity index (χ1n) is 9.95. The Morgan fingerprint density at radius 3 is 2.67 bits per heavy atom. The van der Waals surface area contributed by atoms with Crippen LogP contribution in [0.3, 0.4) is 0 Å². The van der Waals surface area contributed by atoms with Crippen LogP contribution in [0.1, 0.15) is 74.4 Å². The van der Waals surface area contributed by atoms with Crippen molar-refractivity contribution in [3.8, 4) is 0 Å². The van der Waals surface area contributed by atoms with E-state index in [0.717, 1.165) is 38.5 Å². The van der Waals surface area contributed by atoms with Crippen LogP contribution in [0.15, 0.2) is 0 Å². The standard InChI is InChI=1S/C19H30O2/c1-18-9-7-13(20)11-12(18)3-4-14-15-5-6-17(21)19(15,2)10-8-16(14)18/h12,14-17,21H,3-11H2,1-2H3/t12-,14-,15-,16-,17-,18-,19-/m0/s1/i11T,12T/t11?,12-,14-,15-,16-,17-,18-,19-. The summed E-state index contributed by atoms with van der Waals surface area (Å²) in [6.45, 7) is 4.48. The third-order valence-electron chi connectivity index (χ3n) is 7.91. The van der Waals surface area contributed by atoms with Crippen LogP contribution in [0.5, 0.6) is 0 Å². The molecule has 0 saturated heterocycles. The number of fused-ring (bicyclic) bond motifs is 5. The van der Waals surface area contributed by atoms with Gasteiger partial charge in [-0.2, -0.15) is 0 Å². The number of rotatable bonds is 0. The number of aliphatic hydroxyl groups is 1. The first kappa shape index (κ1) is 12.1. The fourth-order valence-electron chi connectivity index (χ4n) is 6.53. The number of hydrogen-bond acceptors (Lipinski definition) is 2. The lowest BCUT2D eigenvalue weighted by Gasteiger charge is -2.60. The molecule has 0 aromatic carbocycles. The van der Waals surface area contributed by atoms with Crippen molar-refractivity contribution in [2.75, 3.05) is 0 Å². The molecule has 4 saturated carbocycles. The second kappa shape index (κ2) is 4.57. The van der Waals surface area contributed by atoms with Gasteiger partial charge in [0.25, 0.3) is 0 Å². The maximum absolute atomic E-state index is 12.1. The van der Waals surface area contributed by atoms with Crippen LogP contribution in [0, 0.1) is 34.5 Å². The van der Waals surface area contributed by atoms with Crippen LogP contribution in [0.4, 0.5) is 0 Å². The molecule has 0 amide bonds. The lowest BCUT2D eigenvalue weighted by molar-refractivity contribution is -0.141. The fourth-order valence-corrected chi connectivity index (χ4v) is 6.53. The summed E-state index contributed by atoms with van der Waals surface area (Å²) in [7, 11) is 0. The van der Waals surface area contributed by atoms with Crippen molar-refractivity contribution in [3.63, 3.8) is 0 Å². The lowest BCUT2D eigenvalue weighted by atomic mass is 9.45. The molecule has 0 aromatic rings. The Kier molecular flexibility index (Phi) is 2.63. The molecule has 118 valence electrons. The Morgan fingerprint density at radius 2 is 1.86 bits per heavy atom. The molecule has 2 nitrogen and oxygen atoms in total. The SMILES string of the molecule is [3H]C1C(=O)CC[C@]2(C)[C@H]3CC[C@]4(C)[C@@H](O)CC[C@H]4[C@@H]3CC[C@@]12[3H]. The molecule has 0 aromatic heterocycles. The molecule has 4 fully saturated rings. The van der Waals surface area contributed by atoms with E-state index in [-0.39, 0.29) is 22.7 Å². The normalized spacial score (nSPS) is 64.9. The van der Waals surface area contributed by atoms with Crippen LogP contribution in [-0.4, -0.2) is 17.0 Å². The Labute approximate surface area is 131 Å². The van der Waals surface area contributed by atoms with Crippen molar-refractivity contribution >= 4 is 5.78 Å². The van der Waals surface area contributed by atoms with E-state index in [1.165, 1.54) is 0 Å². The van der Waals surface area contributed by atoms with Crippen LogP contribution in [-0.2, 0) is 4.79 Å². The average molecular weight is 294 g/mol. The largest absolute Gasteiger partial charge is 0.393 e. The van der Waals surface area contributed by atoms with Gasteiger partial charge in [-0.25, -0.2) is 0 Å². The second-order valence-electron chi connectivity index (χ2n) is 8.61. The summed E-state index contributed by atoms with van der Waals surface area (Å²) >= 11 is 0. The van der Waals surface area contributed by atoms with E-state index in [0.29, 0.717) is 30.6 Å². The van der Waals surface area contributed by atoms with E-state index in [4.69, 9.17) is 2.74 Å². The molecular weight excluding hydrogens is 260 g/mol. The van der Waals surface area contributed by atoms with Crippen LogP contribution >= 0.6 is 0 Å². The van der Waals surface area contributed by atoms with E-state index in [1.54, 1.807) is 0 Å². The van der Waals surface area contributed by atoms with Crippen LogP contribution in [0.2, 0.25) is 0 Å². The number of hydrogen-bond donors (Lipinski definition) is 1. The molecule has 1 N–H and O–H groups in total. The van der Waals surface area contributed by atoms with Gasteiger partial charge in [-0.15, -0.1) is 0 Å². The highest BCUT2D eigenvalue weighted by molar-refractivity contribution is 5.79. The van der Waals surface area contributed by atoms with Gasteiger partial charge in [-0.05, 0) is 79.4 Å². The number of aliphatic hydroxyl groups excluding tert-OH is 1. The molecule has 1 unspecified atom stereocenters. The van der Waals surface area contributed by atoms with Crippen LogP contribution in [0.25, 0.3) is 0 Å². The zero-order valence-electron chi connectivity index (χ0n) is 15.4. The molecule has 0 bridgehead atoms. The van der Waals surface area contributed by atoms with Gasteiger partial charge in [0, 0.05) is 15.6 Å². The van der Waals surface area contributed by atoms with Gasteiger partial charge in [0.2, 0.25) is 0 Å². The van der Waals surface area contributed by atoms with Crippen molar-refractivity contribution in [3.05, 3.63) is 0 Å². The molecule has 0 heterocycles. The highest BCUT2D eigenvalue weighted by atomic mass is 16.3. The number of carbonyl (C=O) groups excluding carboxylic acids is 1. The summed E-state index contributed by atoms with van der Waals surface area (Å²) in [5, 5.41) is 10.5. The summed E-state index contributed by atoms with van der Waals surface area (Å²) in [6.07, 6.45) is 6.06. The first-order valence-corrected chi connectivity index (χ1v) is 8.87. The highest BCUT2D eigenvalue weighted by Crippen LogP contribution is 2.65. The molecule has 21 heavy (non-hydrogen) atoms. The van der Waals surface area contributed by atoms with E-state index < -0.39 is 12.3 Å². The number of Topliss-reactive ketones (excluding diaryl/α,β-unsaturated/α-hetero) is 1. The van der Waals surface area contributed by atoms with Gasteiger partial charge in [0.05, 0.1) is 6.10 Å². The van der Waals surface area contributed by atoms with Gasteiger partial charge in [-0.1, -0.05) is 13.8 Å². The monoisotopic (exact) mass is 294 g/mol. The maximum Gasteiger partial charge on any atom is 0.133 e. The van der Waals surface area contributed by atoms with Gasteiger partial charge in [-0.3, -0.25) is 4.79 Å². The minimum atomic E-state index is -0.894. The van der Waals surface area contributed by atoms with Crippen molar-refractivity contribution in [1.29, 1.82) is 0 Å². The molecule has 2 heteroatoms. The second-order valence-corrected chi connectivity index (χ2v) is 8.61. The Bertz CT molecular complexity index is 537. The van der Waals surface area contributed by atoms with Gasteiger partial charge in [0.1, 0.15) is 5.78 Å². The van der Waals surface area contributed by atoms with Gasteiger partial charge < -0.3 is 5.11 Å². The summed E-state index contributed by atoms with van der Waals surface area (Å²) in [6, 6.07) is 0. The number of carbonyl (C=O) groups is 1. The van der Waals surface area contributed by atoms with Crippen molar-refractivity contribution < 1.29 is 12.6 Å². The van der Waals surface area contributed by atoms with Crippen molar-refractivity contribution in [1.82, 2.24) is 0 Å². The van der Waals surface area contributed by atoms with E-state index in [1.807, 2.05) is 0 Å². The third kappa shape index (κ3) is 1.84. The van der Waals surface area contributed by atoms with E-state index >= 15 is 0 Å². The van der Waals surface area contributed by atoms with Crippen molar-refractivity contribution in [2.24, 2.45) is 34.5 Å². The summed E-state index contributed by atoms with van der Waals surface area (Å²) < 4.78 is 17.4. The van der Waals surface area contributed by atoms with Crippen LogP contribution < -0.4 is 0 Å². The molecule has 4 aliphatic rings. The predicted molar refractivity (Wildman–Crippen MR) is 82.7 cm³/mol. The van der Waals surface area contributed by atoms with Crippen molar-refractivity contribution in [2.45, 2.75) is 77.7 Å². The number of ketones is 1. The summed E-state index contributed by atoms with van der Waals surface area (Å²) in [5.74, 6) is 0.689. The highest BCUT2D eigenvalue weighted by Gasteiger charge is 2.59. The third-order valence-corrected chi connectivity index (χ3v) is 7.91. The predicted octanol–water partition coefficient (Wildman–Crippen LogP) is 3.96. The van der Waals surface area contributed by atoms with Gasteiger partial charge >= 0.3 is 0 Å². The summed E-state index contributed by atoms with van der Waals surface area (Å²) in [4.78, 5) is 12.1. The maximum atomic E-state index is 12.1. The molecule has 4 rings (SSSR count). The molecule has 4 aliphatic carbocycles. The average Bonchev–Trinajstić information content (AvgIpc) is 2.82. The Morgan fingerprint density at radius 1 is 1.10 bits per heavy atom. The first-order chi connectivity index (χ1) is 10.7. The molecule has 0 spiro atoms. The zero-order valence-corrected chi connectivity index (χ0v) is 13.4. The lowest BCUT2D eigenvalue weighted by Crippen LogP contribution is -2.54. The van der Waals surface area contributed by atoms with Gasteiger partial charge in [0.15, 0.2) is 0 Å². The fraction of sp³-hybridized carbons (Fsp3) is 0.947. The van der Waals surface area contributed by atoms with E-state index in [9.17, 15) is 9.90 Å². The Hall–Kier alpha value is -0.370. The quantitative estimate of drug-likeness (QED) is 0.734. The molecule has 0 aliphatic heterocycles. The van der Waals surface area contributed by atoms with E-state index in [2.05, 4.69) is 13.8 Å². The minimum absolute atomic E-state index is 0.0205.